The highest BCUT2D eigenvalue weighted by molar-refractivity contribution is 9.10. The molecule has 0 bridgehead atoms. The van der Waals surface area contributed by atoms with E-state index in [0.29, 0.717) is 23.2 Å². The van der Waals surface area contributed by atoms with E-state index in [1.165, 1.54) is 0 Å². The van der Waals surface area contributed by atoms with Crippen LogP contribution in [0.25, 0.3) is 10.9 Å². The van der Waals surface area contributed by atoms with Crippen LogP contribution in [0.3, 0.4) is 0 Å². The number of aromatic nitrogens is 1. The van der Waals surface area contributed by atoms with Crippen molar-refractivity contribution in [2.75, 3.05) is 5.32 Å². The Morgan fingerprint density at radius 2 is 1.72 bits per heavy atom. The van der Waals surface area contributed by atoms with E-state index in [1.807, 2.05) is 58.2 Å². The monoisotopic (exact) mass is 521 g/mol. The molecule has 7 nitrogen and oxygen atoms in total. The molecule has 1 amide bonds. The maximum absolute atomic E-state index is 12.9. The summed E-state index contributed by atoms with van der Waals surface area (Å²) < 4.78 is 28.4. The largest absolute Gasteiger partial charge is 0.380 e. The topological polar surface area (TPSA) is 114 Å². The van der Waals surface area contributed by atoms with Crippen molar-refractivity contribution in [3.63, 3.8) is 0 Å². The number of halogens is 1. The van der Waals surface area contributed by atoms with Crippen LogP contribution in [0.1, 0.15) is 56.2 Å². The second kappa shape index (κ2) is 9.64. The number of fused-ring (bicyclic) bond motifs is 1. The molecule has 172 valence electrons. The van der Waals surface area contributed by atoms with Crippen molar-refractivity contribution in [2.24, 2.45) is 5.14 Å². The number of anilines is 1. The Bertz CT molecular complexity index is 1210. The van der Waals surface area contributed by atoms with Gasteiger partial charge in [-0.15, -0.1) is 0 Å². The van der Waals surface area contributed by atoms with Crippen LogP contribution in [0.5, 0.6) is 5.75 Å². The number of hydrogen-bond donors (Lipinski definition) is 3. The molecule has 2 aromatic carbocycles. The molecule has 9 heteroatoms. The number of hydrogen-bond acceptors (Lipinski definition) is 4. The maximum Gasteiger partial charge on any atom is 0.380 e. The number of rotatable bonds is 8. The van der Waals surface area contributed by atoms with Crippen molar-refractivity contribution in [3.8, 4) is 5.75 Å². The number of aromatic amines is 1. The number of nitrogens with two attached hydrogens (primary N) is 1. The Balaban J connectivity index is 1.87. The van der Waals surface area contributed by atoms with Crippen LogP contribution < -0.4 is 14.6 Å². The fourth-order valence-electron chi connectivity index (χ4n) is 3.62. The number of H-pyrrole nitrogens is 1. The molecule has 0 saturated heterocycles. The Labute approximate surface area is 197 Å². The van der Waals surface area contributed by atoms with Gasteiger partial charge in [-0.2, -0.15) is 13.6 Å². The van der Waals surface area contributed by atoms with E-state index < -0.39 is 15.1 Å². The van der Waals surface area contributed by atoms with Crippen molar-refractivity contribution in [2.45, 2.75) is 50.8 Å². The summed E-state index contributed by atoms with van der Waals surface area (Å²) in [5.41, 5.74) is 3.95. The number of carbonyl (C=O) groups excluding carboxylic acids is 1. The molecular formula is C23H28BrN3O4S. The second-order valence-corrected chi connectivity index (χ2v) is 10.6. The molecule has 1 unspecified atom stereocenters. The molecule has 0 radical (unpaired) electrons. The summed E-state index contributed by atoms with van der Waals surface area (Å²) in [6.45, 7) is 7.69. The first kappa shape index (κ1) is 24.3. The highest BCUT2D eigenvalue weighted by atomic mass is 79.9. The van der Waals surface area contributed by atoms with Crippen LogP contribution in [0.15, 0.2) is 42.6 Å². The second-order valence-electron chi connectivity index (χ2n) is 8.39. The SMILES string of the molecule is CC(C)c1cc(NC(=O)C(Br)Cc2c[nH]c3ccccc23)cc(C(C)C)c1OS(N)(=O)=O. The molecule has 0 spiro atoms. The number of amides is 1. The van der Waals surface area contributed by atoms with Gasteiger partial charge in [0.15, 0.2) is 5.75 Å². The van der Waals surface area contributed by atoms with Crippen LogP contribution in [0.2, 0.25) is 0 Å². The molecule has 3 aromatic rings. The molecular weight excluding hydrogens is 494 g/mol. The summed E-state index contributed by atoms with van der Waals surface area (Å²) in [6.07, 6.45) is 2.43. The van der Waals surface area contributed by atoms with E-state index in [2.05, 4.69) is 26.2 Å². The molecule has 0 fully saturated rings. The molecule has 3 rings (SSSR count). The predicted octanol–water partition coefficient (Wildman–Crippen LogP) is 4.94. The van der Waals surface area contributed by atoms with Gasteiger partial charge in [0.2, 0.25) is 5.91 Å². The van der Waals surface area contributed by atoms with Gasteiger partial charge < -0.3 is 14.5 Å². The number of para-hydroxylation sites is 1. The van der Waals surface area contributed by atoms with Gasteiger partial charge in [0.05, 0.1) is 4.83 Å². The first-order chi connectivity index (χ1) is 15.0. The zero-order chi connectivity index (χ0) is 23.6. The predicted molar refractivity (Wildman–Crippen MR) is 132 cm³/mol. The zero-order valence-corrected chi connectivity index (χ0v) is 20.9. The molecule has 0 saturated carbocycles. The van der Waals surface area contributed by atoms with Crippen molar-refractivity contribution in [1.82, 2.24) is 4.98 Å². The van der Waals surface area contributed by atoms with Gasteiger partial charge in [-0.1, -0.05) is 61.8 Å². The Morgan fingerprint density at radius 3 is 2.28 bits per heavy atom. The highest BCUT2D eigenvalue weighted by Crippen LogP contribution is 2.38. The Hall–Kier alpha value is -2.36. The molecule has 0 aliphatic heterocycles. The summed E-state index contributed by atoms with van der Waals surface area (Å²) in [4.78, 5) is 15.7. The first-order valence-corrected chi connectivity index (χ1v) is 12.7. The van der Waals surface area contributed by atoms with Gasteiger partial charge in [0, 0.05) is 33.9 Å². The summed E-state index contributed by atoms with van der Waals surface area (Å²) >= 11 is 3.51. The lowest BCUT2D eigenvalue weighted by Crippen LogP contribution is -2.25. The van der Waals surface area contributed by atoms with E-state index >= 15 is 0 Å². The summed E-state index contributed by atoms with van der Waals surface area (Å²) in [7, 11) is -4.18. The first-order valence-electron chi connectivity index (χ1n) is 10.4. The lowest BCUT2D eigenvalue weighted by atomic mass is 9.93. The highest BCUT2D eigenvalue weighted by Gasteiger charge is 2.23. The van der Waals surface area contributed by atoms with Gasteiger partial charge in [-0.05, 0) is 42.0 Å². The third-order valence-corrected chi connectivity index (χ3v) is 6.35. The van der Waals surface area contributed by atoms with Crippen molar-refractivity contribution >= 4 is 48.7 Å². The van der Waals surface area contributed by atoms with E-state index in [4.69, 9.17) is 9.32 Å². The number of alkyl halides is 1. The fourth-order valence-corrected chi connectivity index (χ4v) is 4.51. The third kappa shape index (κ3) is 5.70. The lowest BCUT2D eigenvalue weighted by molar-refractivity contribution is -0.115. The van der Waals surface area contributed by atoms with Crippen LogP contribution in [-0.2, 0) is 21.5 Å². The van der Waals surface area contributed by atoms with Gasteiger partial charge in [-0.3, -0.25) is 4.79 Å². The van der Waals surface area contributed by atoms with Crippen LogP contribution >= 0.6 is 15.9 Å². The van der Waals surface area contributed by atoms with E-state index in [9.17, 15) is 13.2 Å². The van der Waals surface area contributed by atoms with Gasteiger partial charge in [0.25, 0.3) is 0 Å². The maximum atomic E-state index is 12.9. The zero-order valence-electron chi connectivity index (χ0n) is 18.5. The van der Waals surface area contributed by atoms with E-state index in [0.717, 1.165) is 16.5 Å². The minimum Gasteiger partial charge on any atom is -0.370 e. The summed E-state index contributed by atoms with van der Waals surface area (Å²) in [5.74, 6) is -0.0660. The van der Waals surface area contributed by atoms with Crippen LogP contribution in [0.4, 0.5) is 5.69 Å². The van der Waals surface area contributed by atoms with Crippen LogP contribution in [0, 0.1) is 0 Å². The number of carbonyl (C=O) groups is 1. The summed E-state index contributed by atoms with van der Waals surface area (Å²) in [5, 5.41) is 9.17. The molecule has 0 aliphatic carbocycles. The third-order valence-electron chi connectivity index (χ3n) is 5.22. The number of nitrogens with one attached hydrogen (secondary N) is 2. The number of benzene rings is 2. The Morgan fingerprint density at radius 1 is 1.12 bits per heavy atom. The average Bonchev–Trinajstić information content (AvgIpc) is 3.10. The van der Waals surface area contributed by atoms with Gasteiger partial charge in [0.1, 0.15) is 0 Å². The van der Waals surface area contributed by atoms with E-state index in [-0.39, 0.29) is 23.5 Å². The van der Waals surface area contributed by atoms with Crippen LogP contribution in [-0.4, -0.2) is 24.1 Å². The summed E-state index contributed by atoms with van der Waals surface area (Å²) in [6, 6.07) is 11.4. The molecule has 1 heterocycles. The molecule has 1 aromatic heterocycles. The molecule has 32 heavy (non-hydrogen) atoms. The van der Waals surface area contributed by atoms with Crippen molar-refractivity contribution in [1.29, 1.82) is 0 Å². The molecule has 4 N–H and O–H groups in total. The standard InChI is InChI=1S/C23H28BrN3O4S/c1-13(2)18-10-16(11-19(14(3)4)22(18)31-32(25,29)30)27-23(28)20(24)9-15-12-26-21-8-6-5-7-17(15)21/h5-8,10-14,20,26H,9H2,1-4H3,(H,27,28)(H2,25,29,30). The Kier molecular flexibility index (Phi) is 7.32. The quantitative estimate of drug-likeness (QED) is 0.364. The van der Waals surface area contributed by atoms with Gasteiger partial charge in [-0.25, -0.2) is 0 Å². The minimum absolute atomic E-state index is 0.0490. The molecule has 0 aliphatic rings. The normalized spacial score (nSPS) is 13.0. The smallest absolute Gasteiger partial charge is 0.370 e. The fraction of sp³-hybridized carbons (Fsp3) is 0.348. The lowest BCUT2D eigenvalue weighted by Gasteiger charge is -2.21. The van der Waals surface area contributed by atoms with E-state index in [1.54, 1.807) is 12.1 Å². The van der Waals surface area contributed by atoms with Gasteiger partial charge >= 0.3 is 10.3 Å². The minimum atomic E-state index is -4.18. The molecule has 1 atom stereocenters. The average molecular weight is 522 g/mol. The van der Waals surface area contributed by atoms with Crippen molar-refractivity contribution < 1.29 is 17.4 Å². The van der Waals surface area contributed by atoms with Crippen molar-refractivity contribution in [3.05, 3.63) is 59.3 Å².